The molecule has 1 N–H and O–H groups in total. The normalized spacial score (nSPS) is 10.9. The summed E-state index contributed by atoms with van der Waals surface area (Å²) in [6, 6.07) is 14.3. The van der Waals surface area contributed by atoms with Crippen molar-refractivity contribution in [2.75, 3.05) is 25.6 Å². The second-order valence-electron chi connectivity index (χ2n) is 7.40. The number of hydrogen-bond acceptors (Lipinski definition) is 8. The van der Waals surface area contributed by atoms with Gasteiger partial charge in [-0.2, -0.15) is 5.26 Å². The van der Waals surface area contributed by atoms with E-state index in [1.54, 1.807) is 55.3 Å². The number of amides is 1. The van der Waals surface area contributed by atoms with Crippen LogP contribution in [0.5, 0.6) is 17.2 Å². The molecular formula is C25H19N5O4S. The summed E-state index contributed by atoms with van der Waals surface area (Å²) in [6.07, 6.45) is 4.97. The highest BCUT2D eigenvalue weighted by Gasteiger charge is 2.14. The molecule has 0 saturated heterocycles. The van der Waals surface area contributed by atoms with Gasteiger partial charge in [0, 0.05) is 47.9 Å². The van der Waals surface area contributed by atoms with E-state index in [1.807, 2.05) is 18.2 Å². The van der Waals surface area contributed by atoms with E-state index in [2.05, 4.69) is 21.4 Å². The molecule has 35 heavy (non-hydrogen) atoms. The quantitative estimate of drug-likeness (QED) is 0.307. The monoisotopic (exact) mass is 485 g/mol. The molecule has 0 aliphatic rings. The Labute approximate surface area is 204 Å². The number of anilines is 1. The summed E-state index contributed by atoms with van der Waals surface area (Å²) in [6.45, 7) is 0.741. The Kier molecular flexibility index (Phi) is 6.26. The molecule has 5 rings (SSSR count). The van der Waals surface area contributed by atoms with Crippen LogP contribution in [0.15, 0.2) is 66.4 Å². The van der Waals surface area contributed by atoms with E-state index in [9.17, 15) is 10.1 Å². The molecule has 2 aromatic carbocycles. The van der Waals surface area contributed by atoms with E-state index >= 15 is 0 Å². The van der Waals surface area contributed by atoms with Crippen LogP contribution in [-0.2, 0) is 4.74 Å². The van der Waals surface area contributed by atoms with Gasteiger partial charge in [-0.15, -0.1) is 11.3 Å². The van der Waals surface area contributed by atoms with Gasteiger partial charge in [-0.1, -0.05) is 0 Å². The fourth-order valence-electron chi connectivity index (χ4n) is 3.60. The number of aromatic nitrogens is 3. The van der Waals surface area contributed by atoms with E-state index in [1.165, 1.54) is 15.9 Å². The lowest BCUT2D eigenvalue weighted by Crippen LogP contribution is -2.18. The second-order valence-corrected chi connectivity index (χ2v) is 8.30. The minimum Gasteiger partial charge on any atom is -0.490 e. The number of carbonyl (C=O) groups excluding carboxylic acids is 1. The number of ether oxygens (including phenoxy) is 3. The average Bonchev–Trinajstić information content (AvgIpc) is 3.53. The number of methoxy groups -OCH3 is 1. The highest BCUT2D eigenvalue weighted by Crippen LogP contribution is 2.34. The van der Waals surface area contributed by atoms with Gasteiger partial charge >= 0.3 is 6.03 Å². The molecule has 174 valence electrons. The summed E-state index contributed by atoms with van der Waals surface area (Å²) in [5.41, 5.74) is 1.75. The van der Waals surface area contributed by atoms with Gasteiger partial charge < -0.3 is 14.2 Å². The van der Waals surface area contributed by atoms with E-state index in [-0.39, 0.29) is 6.03 Å². The lowest BCUT2D eigenvalue weighted by Gasteiger charge is -2.12. The van der Waals surface area contributed by atoms with Crippen LogP contribution in [0.4, 0.5) is 9.93 Å². The molecular weight excluding hydrogens is 466 g/mol. The van der Waals surface area contributed by atoms with Gasteiger partial charge in [0.25, 0.3) is 0 Å². The molecule has 0 aliphatic carbocycles. The molecule has 0 fully saturated rings. The number of rotatable bonds is 7. The van der Waals surface area contributed by atoms with Crippen molar-refractivity contribution >= 4 is 44.3 Å². The van der Waals surface area contributed by atoms with Crippen molar-refractivity contribution in [2.45, 2.75) is 0 Å². The lowest BCUT2D eigenvalue weighted by atomic mass is 10.1. The Bertz CT molecular complexity index is 1560. The number of nitriles is 1. The maximum Gasteiger partial charge on any atom is 0.332 e. The Morgan fingerprint density at radius 2 is 2.03 bits per heavy atom. The first-order valence-electron chi connectivity index (χ1n) is 10.6. The van der Waals surface area contributed by atoms with Crippen molar-refractivity contribution < 1.29 is 19.0 Å². The molecule has 0 saturated carbocycles. The van der Waals surface area contributed by atoms with Crippen molar-refractivity contribution in [1.29, 1.82) is 5.26 Å². The number of pyridine rings is 1. The smallest absolute Gasteiger partial charge is 0.332 e. The van der Waals surface area contributed by atoms with Gasteiger partial charge in [0.2, 0.25) is 0 Å². The largest absolute Gasteiger partial charge is 0.490 e. The molecule has 0 aliphatic heterocycles. The van der Waals surface area contributed by atoms with Crippen LogP contribution < -0.4 is 14.8 Å². The summed E-state index contributed by atoms with van der Waals surface area (Å²) >= 11 is 1.35. The Hall–Kier alpha value is -4.46. The molecule has 3 heterocycles. The Balaban J connectivity index is 1.42. The highest BCUT2D eigenvalue weighted by molar-refractivity contribution is 7.13. The zero-order valence-electron chi connectivity index (χ0n) is 18.6. The number of fused-ring (bicyclic) bond motifs is 2. The van der Waals surface area contributed by atoms with Crippen LogP contribution in [0.2, 0.25) is 0 Å². The van der Waals surface area contributed by atoms with E-state index in [0.717, 1.165) is 10.9 Å². The van der Waals surface area contributed by atoms with Gasteiger partial charge in [0.05, 0.1) is 23.2 Å². The number of hydrogen-bond donors (Lipinski definition) is 1. The van der Waals surface area contributed by atoms with Crippen LogP contribution in [0.3, 0.4) is 0 Å². The van der Waals surface area contributed by atoms with E-state index < -0.39 is 0 Å². The first-order valence-corrected chi connectivity index (χ1v) is 11.5. The molecule has 5 aromatic rings. The number of thiazole rings is 1. The summed E-state index contributed by atoms with van der Waals surface area (Å²) < 4.78 is 18.4. The van der Waals surface area contributed by atoms with Crippen molar-refractivity contribution in [3.05, 3.63) is 72.0 Å². The third-order valence-corrected chi connectivity index (χ3v) is 5.91. The van der Waals surface area contributed by atoms with Gasteiger partial charge in [0.1, 0.15) is 29.9 Å². The van der Waals surface area contributed by atoms with Crippen LogP contribution in [-0.4, -0.2) is 40.9 Å². The van der Waals surface area contributed by atoms with Crippen LogP contribution in [0.25, 0.3) is 21.8 Å². The van der Waals surface area contributed by atoms with Crippen LogP contribution in [0, 0.1) is 11.3 Å². The van der Waals surface area contributed by atoms with Gasteiger partial charge in [-0.3, -0.25) is 14.9 Å². The molecule has 10 heteroatoms. The summed E-state index contributed by atoms with van der Waals surface area (Å²) in [4.78, 5) is 21.1. The van der Waals surface area contributed by atoms with Crippen LogP contribution in [0.1, 0.15) is 5.56 Å². The first-order chi connectivity index (χ1) is 17.2. The summed E-state index contributed by atoms with van der Waals surface area (Å²) in [5, 5.41) is 16.2. The average molecular weight is 486 g/mol. The van der Waals surface area contributed by atoms with Gasteiger partial charge in [-0.05, 0) is 36.4 Å². The summed E-state index contributed by atoms with van der Waals surface area (Å²) in [5.74, 6) is 1.58. The minimum absolute atomic E-state index is 0.295. The predicted octanol–water partition coefficient (Wildman–Crippen LogP) is 5.42. The van der Waals surface area contributed by atoms with Gasteiger partial charge in [-0.25, -0.2) is 9.78 Å². The molecule has 0 atom stereocenters. The third-order valence-electron chi connectivity index (χ3n) is 5.22. The first kappa shape index (κ1) is 22.3. The Morgan fingerprint density at radius 3 is 2.83 bits per heavy atom. The minimum atomic E-state index is -0.295. The predicted molar refractivity (Wildman–Crippen MR) is 132 cm³/mol. The number of carbonyl (C=O) groups is 1. The van der Waals surface area contributed by atoms with E-state index in [0.29, 0.717) is 52.1 Å². The van der Waals surface area contributed by atoms with E-state index in [4.69, 9.17) is 14.2 Å². The number of nitrogens with one attached hydrogen (secondary N) is 1. The fourth-order valence-corrected chi connectivity index (χ4v) is 4.12. The van der Waals surface area contributed by atoms with Crippen molar-refractivity contribution in [1.82, 2.24) is 14.5 Å². The third kappa shape index (κ3) is 4.63. The molecule has 0 bridgehead atoms. The number of benzene rings is 2. The zero-order valence-corrected chi connectivity index (χ0v) is 19.4. The second kappa shape index (κ2) is 9.80. The molecule has 3 aromatic heterocycles. The molecule has 0 radical (unpaired) electrons. The molecule has 0 unspecified atom stereocenters. The van der Waals surface area contributed by atoms with Crippen molar-refractivity contribution in [3.63, 3.8) is 0 Å². The summed E-state index contributed by atoms with van der Waals surface area (Å²) in [7, 11) is 1.59. The standard InChI is InChI=1S/C25H19N5O4S/c1-32-9-10-33-23-14-20-19(13-17(23)15-26)22(4-6-27-20)34-18-2-3-21-16(12-18)5-8-30(21)25(31)29-24-28-7-11-35-24/h2-8,11-14H,9-10H2,1H3,(H,28,29,31). The maximum atomic E-state index is 12.6. The molecule has 0 spiro atoms. The molecule has 9 nitrogen and oxygen atoms in total. The topological polar surface area (TPSA) is 111 Å². The van der Waals surface area contributed by atoms with Gasteiger partial charge in [0.15, 0.2) is 5.13 Å². The van der Waals surface area contributed by atoms with Crippen molar-refractivity contribution in [2.24, 2.45) is 0 Å². The van der Waals surface area contributed by atoms with Crippen LogP contribution >= 0.6 is 11.3 Å². The highest BCUT2D eigenvalue weighted by atomic mass is 32.1. The molecule has 1 amide bonds. The zero-order chi connectivity index (χ0) is 24.2. The fraction of sp³-hybridized carbons (Fsp3) is 0.120. The lowest BCUT2D eigenvalue weighted by molar-refractivity contribution is 0.146. The Morgan fingerprint density at radius 1 is 1.11 bits per heavy atom. The SMILES string of the molecule is COCCOc1cc2nccc(Oc3ccc4c(ccn4C(=O)Nc4nccs4)c3)c2cc1C#N. The van der Waals surface area contributed by atoms with Crippen molar-refractivity contribution in [3.8, 4) is 23.3 Å². The number of nitrogens with zero attached hydrogens (tertiary/aromatic N) is 4. The maximum absolute atomic E-state index is 12.6.